The van der Waals surface area contributed by atoms with Crippen LogP contribution < -0.4 is 0 Å². The van der Waals surface area contributed by atoms with Crippen molar-refractivity contribution in [2.24, 2.45) is 0 Å². The van der Waals surface area contributed by atoms with E-state index < -0.39 is 0 Å². The molecule has 0 spiro atoms. The molecule has 0 aliphatic heterocycles. The van der Waals surface area contributed by atoms with Crippen LogP contribution in [0.25, 0.3) is 0 Å². The van der Waals surface area contributed by atoms with Crippen molar-refractivity contribution in [1.82, 2.24) is 0 Å². The Kier molecular flexibility index (Phi) is 244. The van der Waals surface area contributed by atoms with E-state index in [9.17, 15) is 0 Å². The molecule has 0 aromatic rings. The van der Waals surface area contributed by atoms with Gasteiger partial charge >= 0.3 is 49.0 Å². The van der Waals surface area contributed by atoms with Crippen LogP contribution in [0.5, 0.6) is 0 Å². The number of hydrogen-bond acceptors (Lipinski definition) is 0. The Morgan fingerprint density at radius 1 is 0.714 bits per heavy atom. The van der Waals surface area contributed by atoms with Crippen LogP contribution in [0.1, 0.15) is 0 Å². The molecule has 0 radical (unpaired) electrons. The Hall–Kier alpha value is 1.79. The molecule has 0 heterocycles. The zero-order valence-corrected chi connectivity index (χ0v) is 8.37. The van der Waals surface area contributed by atoms with Crippen molar-refractivity contribution in [1.29, 1.82) is 0 Å². The maximum atomic E-state index is 2.21. The van der Waals surface area contributed by atoms with Gasteiger partial charge in [0.25, 0.3) is 0 Å². The molecule has 7 heavy (non-hydrogen) atoms. The molecule has 0 aromatic carbocycles. The van der Waals surface area contributed by atoms with Crippen LogP contribution in [-0.2, 0) is 8.07 Å². The summed E-state index contributed by atoms with van der Waals surface area (Å²) in [5, 5.41) is 0. The molecule has 0 rings (SSSR count). The van der Waals surface area contributed by atoms with Gasteiger partial charge in [0.15, 0.2) is 0 Å². The number of halogens is 2. The summed E-state index contributed by atoms with van der Waals surface area (Å²) in [7, 11) is 1.56. The monoisotopic (exact) mass is 384 g/mol. The molecule has 8 N–H and O–H groups in total. The van der Waals surface area contributed by atoms with Crippen molar-refractivity contribution in [2.75, 3.05) is 0 Å². The Morgan fingerprint density at radius 2 is 0.714 bits per heavy atom. The quantitative estimate of drug-likeness (QED) is 0.355. The first-order valence-electron chi connectivity index (χ1n) is 0.239. The van der Waals surface area contributed by atoms with Crippen molar-refractivity contribution in [3.63, 3.8) is 0 Å². The SMILES string of the molecule is O.O.O.O.[I][Ni][I]. The van der Waals surface area contributed by atoms with Crippen LogP contribution in [0.4, 0.5) is 0 Å². The van der Waals surface area contributed by atoms with Crippen molar-refractivity contribution in [2.45, 2.75) is 0 Å². The second-order valence-corrected chi connectivity index (χ2v) is 8.38. The fourth-order valence-corrected chi connectivity index (χ4v) is 0. The van der Waals surface area contributed by atoms with Gasteiger partial charge in [-0.3, -0.25) is 0 Å². The Balaban J connectivity index is -0.00000000333. The first kappa shape index (κ1) is 37.1. The van der Waals surface area contributed by atoms with E-state index in [1.165, 1.54) is 0 Å². The second kappa shape index (κ2) is 46.1. The van der Waals surface area contributed by atoms with Crippen LogP contribution in [-0.4, -0.2) is 21.9 Å². The molecule has 0 atom stereocenters. The Morgan fingerprint density at radius 3 is 0.714 bits per heavy atom. The standard InChI is InChI=1S/2HI.Ni.4H2O/h2*1H;;4*1H2/q;;+2;;;;/p-2. The normalized spacial score (nSPS) is 3.14. The average molecular weight is 385 g/mol. The molecule has 0 aliphatic carbocycles. The Bertz CT molecular complexity index is 9.65. The molecular weight excluding hydrogens is 376 g/mol. The van der Waals surface area contributed by atoms with Crippen molar-refractivity contribution in [3.05, 3.63) is 0 Å². The minimum atomic E-state index is 0. The Labute approximate surface area is 70.2 Å². The molecule has 0 aromatic heterocycles. The molecule has 0 saturated heterocycles. The van der Waals surface area contributed by atoms with Gasteiger partial charge in [0, 0.05) is 0 Å². The zero-order valence-electron chi connectivity index (χ0n) is 3.07. The van der Waals surface area contributed by atoms with Gasteiger partial charge in [0.2, 0.25) is 0 Å². The van der Waals surface area contributed by atoms with Crippen molar-refractivity contribution >= 4 is 41.0 Å². The van der Waals surface area contributed by atoms with E-state index in [1.54, 1.807) is 8.07 Å². The predicted octanol–water partition coefficient (Wildman–Crippen LogP) is -1.53. The summed E-state index contributed by atoms with van der Waals surface area (Å²) in [6.07, 6.45) is 0. The topological polar surface area (TPSA) is 126 Å². The van der Waals surface area contributed by atoms with Crippen molar-refractivity contribution in [3.8, 4) is 0 Å². The summed E-state index contributed by atoms with van der Waals surface area (Å²) in [4.78, 5) is 0. The molecule has 0 amide bonds. The van der Waals surface area contributed by atoms with E-state index in [0.717, 1.165) is 0 Å². The minimum absolute atomic E-state index is 0. The molecule has 0 unspecified atom stereocenters. The van der Waals surface area contributed by atoms with Gasteiger partial charge in [-0.25, -0.2) is 0 Å². The maximum absolute atomic E-state index is 2.21. The molecule has 56 valence electrons. The van der Waals surface area contributed by atoms with E-state index in [-0.39, 0.29) is 21.9 Å². The first-order valence-corrected chi connectivity index (χ1v) is 6.61. The first-order chi connectivity index (χ1) is 1.41. The molecule has 0 bridgehead atoms. The van der Waals surface area contributed by atoms with E-state index in [4.69, 9.17) is 0 Å². The summed E-state index contributed by atoms with van der Waals surface area (Å²) in [6.45, 7) is 0. The molecule has 0 aliphatic rings. The third kappa shape index (κ3) is 81.3. The number of rotatable bonds is 0. The van der Waals surface area contributed by atoms with Crippen LogP contribution in [0.3, 0.4) is 0 Å². The van der Waals surface area contributed by atoms with Gasteiger partial charge in [0.05, 0.1) is 0 Å². The molecule has 0 fully saturated rings. The van der Waals surface area contributed by atoms with E-state index in [2.05, 4.69) is 41.0 Å². The number of hydrogen-bond donors (Lipinski definition) is 0. The van der Waals surface area contributed by atoms with Crippen LogP contribution in [0, 0.1) is 0 Å². The summed E-state index contributed by atoms with van der Waals surface area (Å²) >= 11 is 4.43. The summed E-state index contributed by atoms with van der Waals surface area (Å²) < 4.78 is 0. The van der Waals surface area contributed by atoms with Gasteiger partial charge < -0.3 is 21.9 Å². The van der Waals surface area contributed by atoms with E-state index in [0.29, 0.717) is 0 Å². The van der Waals surface area contributed by atoms with Crippen LogP contribution >= 0.6 is 41.0 Å². The van der Waals surface area contributed by atoms with E-state index >= 15 is 0 Å². The fourth-order valence-electron chi connectivity index (χ4n) is 0. The summed E-state index contributed by atoms with van der Waals surface area (Å²) in [5.74, 6) is 0. The van der Waals surface area contributed by atoms with Gasteiger partial charge in [-0.1, -0.05) is 0 Å². The van der Waals surface area contributed by atoms with Crippen LogP contribution in [0.2, 0.25) is 0 Å². The zero-order chi connectivity index (χ0) is 2.71. The molecular formula is H8I2NiO4. The van der Waals surface area contributed by atoms with Gasteiger partial charge in [-0.05, 0) is 0 Å². The van der Waals surface area contributed by atoms with Gasteiger partial charge in [-0.2, -0.15) is 0 Å². The second-order valence-electron chi connectivity index (χ2n) is 0.0452. The average Bonchev–Trinajstić information content (AvgIpc) is 0.918. The molecule has 0 saturated carbocycles. The summed E-state index contributed by atoms with van der Waals surface area (Å²) in [5.41, 5.74) is 0. The van der Waals surface area contributed by atoms with Gasteiger partial charge in [0.1, 0.15) is 0 Å². The molecule has 4 nitrogen and oxygen atoms in total. The fraction of sp³-hybridized carbons (Fsp3) is 0. The van der Waals surface area contributed by atoms with Crippen LogP contribution in [0.15, 0.2) is 0 Å². The molecule has 7 heteroatoms. The predicted molar refractivity (Wildman–Crippen MR) is 42.5 cm³/mol. The third-order valence-electron chi connectivity index (χ3n) is 0. The summed E-state index contributed by atoms with van der Waals surface area (Å²) in [6, 6.07) is 0. The van der Waals surface area contributed by atoms with Gasteiger partial charge in [-0.15, -0.1) is 0 Å². The third-order valence-corrected chi connectivity index (χ3v) is 0. The van der Waals surface area contributed by atoms with Crippen molar-refractivity contribution < 1.29 is 30.0 Å². The van der Waals surface area contributed by atoms with E-state index in [1.807, 2.05) is 0 Å².